The Kier molecular flexibility index (Phi) is 4.94. The topological polar surface area (TPSA) is 66.9 Å². The molecule has 0 unspecified atom stereocenters. The SMILES string of the molecule is O=C(Nc1ccc(F)c(F)c1)c1cnc(NCc2ccccc2)cn1. The standard InChI is InChI=1S/C18H14F2N4O/c19-14-7-6-13(8-15(14)20)24-18(25)16-10-23-17(11-21-16)22-9-12-4-2-1-3-5-12/h1-8,10-11H,9H2,(H,22,23)(H,24,25). The zero-order valence-corrected chi connectivity index (χ0v) is 13.0. The minimum atomic E-state index is -1.04. The summed E-state index contributed by atoms with van der Waals surface area (Å²) in [6.45, 7) is 0.579. The van der Waals surface area contributed by atoms with Gasteiger partial charge in [0.05, 0.1) is 12.4 Å². The summed E-state index contributed by atoms with van der Waals surface area (Å²) >= 11 is 0. The van der Waals surface area contributed by atoms with Crippen LogP contribution in [0.4, 0.5) is 20.3 Å². The van der Waals surface area contributed by atoms with Crippen molar-refractivity contribution < 1.29 is 13.6 Å². The average Bonchev–Trinajstić information content (AvgIpc) is 2.64. The molecule has 126 valence electrons. The van der Waals surface area contributed by atoms with Crippen LogP contribution >= 0.6 is 0 Å². The van der Waals surface area contributed by atoms with Crippen LogP contribution in [-0.2, 0) is 6.54 Å². The van der Waals surface area contributed by atoms with Gasteiger partial charge in [0.15, 0.2) is 11.6 Å². The van der Waals surface area contributed by atoms with Crippen molar-refractivity contribution in [2.75, 3.05) is 10.6 Å². The van der Waals surface area contributed by atoms with Gasteiger partial charge in [0.25, 0.3) is 5.91 Å². The number of rotatable bonds is 5. The summed E-state index contributed by atoms with van der Waals surface area (Å²) in [5.74, 6) is -2.06. The number of amides is 1. The van der Waals surface area contributed by atoms with Gasteiger partial charge in [0.2, 0.25) is 0 Å². The maximum absolute atomic E-state index is 13.1. The molecule has 0 spiro atoms. The lowest BCUT2D eigenvalue weighted by atomic mass is 10.2. The molecule has 7 heteroatoms. The molecule has 0 aliphatic rings. The van der Waals surface area contributed by atoms with E-state index in [0.29, 0.717) is 12.4 Å². The molecule has 5 nitrogen and oxygen atoms in total. The molecule has 0 saturated heterocycles. The lowest BCUT2D eigenvalue weighted by molar-refractivity contribution is 0.102. The zero-order valence-electron chi connectivity index (χ0n) is 13.0. The molecule has 1 aromatic heterocycles. The van der Waals surface area contributed by atoms with Crippen LogP contribution in [0.15, 0.2) is 60.9 Å². The molecular formula is C18H14F2N4O. The third-order valence-corrected chi connectivity index (χ3v) is 3.38. The molecule has 0 bridgehead atoms. The molecule has 0 fully saturated rings. The van der Waals surface area contributed by atoms with Crippen molar-refractivity contribution >= 4 is 17.4 Å². The Labute approximate surface area is 142 Å². The molecule has 1 heterocycles. The maximum Gasteiger partial charge on any atom is 0.275 e. The van der Waals surface area contributed by atoms with Crippen LogP contribution in [0, 0.1) is 11.6 Å². The Morgan fingerprint density at radius 2 is 1.76 bits per heavy atom. The number of nitrogens with one attached hydrogen (secondary N) is 2. The first-order valence-electron chi connectivity index (χ1n) is 7.48. The van der Waals surface area contributed by atoms with Gasteiger partial charge in [-0.15, -0.1) is 0 Å². The highest BCUT2D eigenvalue weighted by atomic mass is 19.2. The second kappa shape index (κ2) is 7.48. The molecule has 25 heavy (non-hydrogen) atoms. The Morgan fingerprint density at radius 3 is 2.44 bits per heavy atom. The van der Waals surface area contributed by atoms with Crippen molar-refractivity contribution in [2.24, 2.45) is 0 Å². The number of carbonyl (C=O) groups excluding carboxylic acids is 1. The number of benzene rings is 2. The lowest BCUT2D eigenvalue weighted by Gasteiger charge is -2.07. The molecule has 2 aromatic carbocycles. The highest BCUT2D eigenvalue weighted by Gasteiger charge is 2.10. The first-order valence-corrected chi connectivity index (χ1v) is 7.48. The molecule has 1 amide bonds. The molecular weight excluding hydrogens is 326 g/mol. The maximum atomic E-state index is 13.1. The van der Waals surface area contributed by atoms with E-state index >= 15 is 0 Å². The van der Waals surface area contributed by atoms with E-state index < -0.39 is 17.5 Å². The normalized spacial score (nSPS) is 10.3. The summed E-state index contributed by atoms with van der Waals surface area (Å²) in [4.78, 5) is 20.2. The van der Waals surface area contributed by atoms with E-state index in [4.69, 9.17) is 0 Å². The fraction of sp³-hybridized carbons (Fsp3) is 0.0556. The van der Waals surface area contributed by atoms with Gasteiger partial charge >= 0.3 is 0 Å². The third-order valence-electron chi connectivity index (χ3n) is 3.38. The van der Waals surface area contributed by atoms with Crippen molar-refractivity contribution in [1.29, 1.82) is 0 Å². The van der Waals surface area contributed by atoms with E-state index in [-0.39, 0.29) is 11.4 Å². The summed E-state index contributed by atoms with van der Waals surface area (Å²) in [5.41, 5.74) is 1.29. The summed E-state index contributed by atoms with van der Waals surface area (Å²) in [6.07, 6.45) is 2.74. The molecule has 0 atom stereocenters. The summed E-state index contributed by atoms with van der Waals surface area (Å²) in [5, 5.41) is 5.53. The number of nitrogens with zero attached hydrogens (tertiary/aromatic N) is 2. The van der Waals surface area contributed by atoms with Gasteiger partial charge in [0.1, 0.15) is 11.5 Å². The van der Waals surface area contributed by atoms with Gasteiger partial charge in [-0.1, -0.05) is 30.3 Å². The minimum absolute atomic E-state index is 0.0648. The predicted octanol–water partition coefficient (Wildman–Crippen LogP) is 3.62. The molecule has 0 saturated carbocycles. The monoisotopic (exact) mass is 340 g/mol. The van der Waals surface area contributed by atoms with Crippen LogP contribution in [-0.4, -0.2) is 15.9 Å². The fourth-order valence-corrected chi connectivity index (χ4v) is 2.09. The lowest BCUT2D eigenvalue weighted by Crippen LogP contribution is -2.14. The number of hydrogen-bond acceptors (Lipinski definition) is 4. The summed E-state index contributed by atoms with van der Waals surface area (Å²) in [6, 6.07) is 12.9. The van der Waals surface area contributed by atoms with Crippen LogP contribution in [0.5, 0.6) is 0 Å². The van der Waals surface area contributed by atoms with Gasteiger partial charge in [0, 0.05) is 18.3 Å². The highest BCUT2D eigenvalue weighted by Crippen LogP contribution is 2.14. The van der Waals surface area contributed by atoms with Crippen LogP contribution in [0.1, 0.15) is 16.1 Å². The zero-order chi connectivity index (χ0) is 17.6. The van der Waals surface area contributed by atoms with Gasteiger partial charge < -0.3 is 10.6 Å². The Balaban J connectivity index is 1.61. The molecule has 3 aromatic rings. The van der Waals surface area contributed by atoms with Crippen LogP contribution in [0.25, 0.3) is 0 Å². The Morgan fingerprint density at radius 1 is 0.960 bits per heavy atom. The Bertz CT molecular complexity index is 870. The largest absolute Gasteiger partial charge is 0.365 e. The fourth-order valence-electron chi connectivity index (χ4n) is 2.09. The molecule has 0 aliphatic carbocycles. The third kappa shape index (κ3) is 4.35. The molecule has 0 aliphatic heterocycles. The smallest absolute Gasteiger partial charge is 0.275 e. The van der Waals surface area contributed by atoms with Gasteiger partial charge in [-0.25, -0.2) is 18.7 Å². The second-order valence-corrected chi connectivity index (χ2v) is 5.21. The van der Waals surface area contributed by atoms with Gasteiger partial charge in [-0.3, -0.25) is 4.79 Å². The van der Waals surface area contributed by atoms with E-state index in [1.165, 1.54) is 18.5 Å². The highest BCUT2D eigenvalue weighted by molar-refractivity contribution is 6.02. The van der Waals surface area contributed by atoms with Crippen LogP contribution in [0.3, 0.4) is 0 Å². The number of aromatic nitrogens is 2. The molecule has 2 N–H and O–H groups in total. The van der Waals surface area contributed by atoms with Crippen molar-refractivity contribution in [2.45, 2.75) is 6.54 Å². The van der Waals surface area contributed by atoms with E-state index in [0.717, 1.165) is 17.7 Å². The number of hydrogen-bond donors (Lipinski definition) is 2. The molecule has 0 radical (unpaired) electrons. The van der Waals surface area contributed by atoms with Crippen LogP contribution in [0.2, 0.25) is 0 Å². The number of anilines is 2. The summed E-state index contributed by atoms with van der Waals surface area (Å²) in [7, 11) is 0. The van der Waals surface area contributed by atoms with E-state index in [9.17, 15) is 13.6 Å². The first kappa shape index (κ1) is 16.5. The number of carbonyl (C=O) groups is 1. The summed E-state index contributed by atoms with van der Waals surface area (Å²) < 4.78 is 26.0. The van der Waals surface area contributed by atoms with Crippen molar-refractivity contribution in [1.82, 2.24) is 9.97 Å². The first-order chi connectivity index (χ1) is 12.1. The second-order valence-electron chi connectivity index (χ2n) is 5.21. The van der Waals surface area contributed by atoms with E-state index in [1.807, 2.05) is 30.3 Å². The van der Waals surface area contributed by atoms with Crippen molar-refractivity contribution in [3.63, 3.8) is 0 Å². The average molecular weight is 340 g/mol. The van der Waals surface area contributed by atoms with Crippen molar-refractivity contribution in [3.8, 4) is 0 Å². The van der Waals surface area contributed by atoms with E-state index in [1.54, 1.807) is 0 Å². The van der Waals surface area contributed by atoms with E-state index in [2.05, 4.69) is 20.6 Å². The predicted molar refractivity (Wildman–Crippen MR) is 90.1 cm³/mol. The minimum Gasteiger partial charge on any atom is -0.365 e. The quantitative estimate of drug-likeness (QED) is 0.744. The Hall–Kier alpha value is -3.35. The van der Waals surface area contributed by atoms with Gasteiger partial charge in [-0.05, 0) is 17.7 Å². The van der Waals surface area contributed by atoms with Gasteiger partial charge in [-0.2, -0.15) is 0 Å². The number of halogens is 2. The van der Waals surface area contributed by atoms with Crippen molar-refractivity contribution in [3.05, 3.63) is 83.8 Å². The van der Waals surface area contributed by atoms with Crippen LogP contribution < -0.4 is 10.6 Å². The molecule has 3 rings (SSSR count).